The minimum Gasteiger partial charge on any atom is -0.455 e. The molecule has 1 fully saturated rings. The molecule has 3 N–H and O–H groups in total. The zero-order valence-corrected chi connectivity index (χ0v) is 5.76. The second-order valence-electron chi connectivity index (χ2n) is 2.87. The third-order valence-electron chi connectivity index (χ3n) is 2.05. The summed E-state index contributed by atoms with van der Waals surface area (Å²) in [6.45, 7) is 2.63. The second-order valence-corrected chi connectivity index (χ2v) is 2.87. The average Bonchev–Trinajstić information content (AvgIpc) is 2.46. The van der Waals surface area contributed by atoms with E-state index in [1.807, 2.05) is 0 Å². The highest BCUT2D eigenvalue weighted by atomic mass is 16.5. The van der Waals surface area contributed by atoms with E-state index in [-0.39, 0.29) is 5.60 Å². The van der Waals surface area contributed by atoms with Crippen LogP contribution in [0.2, 0.25) is 0 Å². The minimum absolute atomic E-state index is 0.0793. The highest BCUT2D eigenvalue weighted by Gasteiger charge is 2.39. The summed E-state index contributed by atoms with van der Waals surface area (Å²) in [4.78, 5) is 4.00. The molecule has 0 bridgehead atoms. The Morgan fingerprint density at radius 2 is 2.60 bits per heavy atom. The van der Waals surface area contributed by atoms with Gasteiger partial charge in [-0.3, -0.25) is 0 Å². The minimum atomic E-state index is -0.0793. The summed E-state index contributed by atoms with van der Waals surface area (Å²) in [5.41, 5.74) is 5.31. The number of amidine groups is 1. The zero-order chi connectivity index (χ0) is 7.03. The van der Waals surface area contributed by atoms with Crippen LogP contribution in [-0.2, 0) is 4.74 Å². The first-order valence-corrected chi connectivity index (χ1v) is 3.50. The highest BCUT2D eigenvalue weighted by molar-refractivity contribution is 5.73. The van der Waals surface area contributed by atoms with E-state index in [4.69, 9.17) is 10.5 Å². The summed E-state index contributed by atoms with van der Waals surface area (Å²) < 4.78 is 5.38. The van der Waals surface area contributed by atoms with Gasteiger partial charge in [0.25, 0.3) is 6.02 Å². The van der Waals surface area contributed by atoms with E-state index in [2.05, 4.69) is 10.3 Å². The first-order valence-electron chi connectivity index (χ1n) is 3.50. The van der Waals surface area contributed by atoms with E-state index >= 15 is 0 Å². The summed E-state index contributed by atoms with van der Waals surface area (Å²) >= 11 is 0. The number of ether oxygens (including phenoxy) is 1. The Morgan fingerprint density at radius 3 is 3.10 bits per heavy atom. The van der Waals surface area contributed by atoms with Crippen molar-refractivity contribution in [1.82, 2.24) is 5.32 Å². The molecule has 4 heteroatoms. The lowest BCUT2D eigenvalue weighted by molar-refractivity contribution is 0.108. The van der Waals surface area contributed by atoms with Gasteiger partial charge in [-0.15, -0.1) is 0 Å². The lowest BCUT2D eigenvalue weighted by atomic mass is 10.0. The first kappa shape index (κ1) is 5.97. The average molecular weight is 141 g/mol. The van der Waals surface area contributed by atoms with Crippen molar-refractivity contribution in [1.29, 1.82) is 0 Å². The van der Waals surface area contributed by atoms with Crippen molar-refractivity contribution in [2.24, 2.45) is 10.7 Å². The molecule has 1 spiro atoms. The Morgan fingerprint density at radius 1 is 1.70 bits per heavy atom. The Kier molecular flexibility index (Phi) is 1.11. The van der Waals surface area contributed by atoms with Crippen LogP contribution in [0.1, 0.15) is 6.42 Å². The summed E-state index contributed by atoms with van der Waals surface area (Å²) in [6, 6.07) is 0.351. The van der Waals surface area contributed by atoms with E-state index in [0.29, 0.717) is 6.02 Å². The number of aliphatic imine (C=N–C) groups is 1. The number of nitrogens with zero attached hydrogens (tertiary/aromatic N) is 1. The Balaban J connectivity index is 2.07. The number of hydrogen-bond donors (Lipinski definition) is 2. The quantitative estimate of drug-likeness (QED) is 0.458. The van der Waals surface area contributed by atoms with Crippen molar-refractivity contribution in [3.05, 3.63) is 0 Å². The van der Waals surface area contributed by atoms with Gasteiger partial charge in [-0.1, -0.05) is 0 Å². The molecule has 10 heavy (non-hydrogen) atoms. The fraction of sp³-hybridized carbons (Fsp3) is 0.833. The first-order chi connectivity index (χ1) is 4.81. The van der Waals surface area contributed by atoms with Crippen LogP contribution in [0.25, 0.3) is 0 Å². The third-order valence-corrected chi connectivity index (χ3v) is 2.05. The smallest absolute Gasteiger partial charge is 0.282 e. The van der Waals surface area contributed by atoms with Gasteiger partial charge in [0.2, 0.25) is 0 Å². The Hall–Kier alpha value is -0.770. The van der Waals surface area contributed by atoms with Crippen LogP contribution in [0.15, 0.2) is 4.99 Å². The maximum atomic E-state index is 5.39. The van der Waals surface area contributed by atoms with Crippen molar-refractivity contribution in [3.8, 4) is 0 Å². The van der Waals surface area contributed by atoms with E-state index in [9.17, 15) is 0 Å². The molecule has 0 aromatic heterocycles. The molecule has 4 nitrogen and oxygen atoms in total. The summed E-state index contributed by atoms with van der Waals surface area (Å²) in [7, 11) is 0. The molecule has 0 radical (unpaired) electrons. The number of hydrogen-bond acceptors (Lipinski definition) is 4. The standard InChI is InChI=1S/C6H11N3O/c7-5-9-4-6(10-5)1-2-8-3-6/h8H,1-4H2,(H2,7,9). The molecular formula is C6H11N3O. The molecule has 1 atom stereocenters. The van der Waals surface area contributed by atoms with E-state index in [1.54, 1.807) is 0 Å². The predicted octanol–water partition coefficient (Wildman–Crippen LogP) is -0.937. The molecule has 2 aliphatic heterocycles. The predicted molar refractivity (Wildman–Crippen MR) is 37.8 cm³/mol. The van der Waals surface area contributed by atoms with Crippen molar-refractivity contribution >= 4 is 6.02 Å². The van der Waals surface area contributed by atoms with Crippen LogP contribution in [0, 0.1) is 0 Å². The monoisotopic (exact) mass is 141 g/mol. The maximum absolute atomic E-state index is 5.39. The van der Waals surface area contributed by atoms with E-state index in [1.165, 1.54) is 0 Å². The molecule has 2 aliphatic rings. The van der Waals surface area contributed by atoms with Crippen LogP contribution in [0.5, 0.6) is 0 Å². The fourth-order valence-electron chi connectivity index (χ4n) is 1.45. The van der Waals surface area contributed by atoms with Crippen LogP contribution in [-0.4, -0.2) is 31.3 Å². The fourth-order valence-corrected chi connectivity index (χ4v) is 1.45. The van der Waals surface area contributed by atoms with Crippen molar-refractivity contribution in [2.45, 2.75) is 12.0 Å². The van der Waals surface area contributed by atoms with Gasteiger partial charge in [0, 0.05) is 13.0 Å². The molecular weight excluding hydrogens is 130 g/mol. The van der Waals surface area contributed by atoms with Crippen LogP contribution >= 0.6 is 0 Å². The van der Waals surface area contributed by atoms with E-state index in [0.717, 1.165) is 26.1 Å². The molecule has 0 aliphatic carbocycles. The maximum Gasteiger partial charge on any atom is 0.282 e. The van der Waals surface area contributed by atoms with Crippen LogP contribution in [0.4, 0.5) is 0 Å². The number of nitrogens with two attached hydrogens (primary N) is 1. The molecule has 0 aromatic carbocycles. The van der Waals surface area contributed by atoms with Gasteiger partial charge >= 0.3 is 0 Å². The van der Waals surface area contributed by atoms with Gasteiger partial charge < -0.3 is 15.8 Å². The van der Waals surface area contributed by atoms with Gasteiger partial charge in [-0.05, 0) is 6.54 Å². The normalized spacial score (nSPS) is 38.2. The summed E-state index contributed by atoms with van der Waals surface area (Å²) in [5, 5.41) is 3.22. The van der Waals surface area contributed by atoms with Gasteiger partial charge in [0.15, 0.2) is 0 Å². The Bertz CT molecular complexity index is 172. The van der Waals surface area contributed by atoms with Crippen molar-refractivity contribution in [3.63, 3.8) is 0 Å². The molecule has 1 unspecified atom stereocenters. The third kappa shape index (κ3) is 0.759. The largest absolute Gasteiger partial charge is 0.455 e. The molecule has 2 heterocycles. The van der Waals surface area contributed by atoms with Crippen LogP contribution in [0.3, 0.4) is 0 Å². The number of rotatable bonds is 0. The molecule has 0 amide bonds. The van der Waals surface area contributed by atoms with Crippen molar-refractivity contribution < 1.29 is 4.74 Å². The molecule has 0 aromatic rings. The Labute approximate surface area is 59.5 Å². The van der Waals surface area contributed by atoms with E-state index < -0.39 is 0 Å². The summed E-state index contributed by atoms with van der Waals surface area (Å²) in [6.07, 6.45) is 1.02. The molecule has 1 saturated heterocycles. The zero-order valence-electron chi connectivity index (χ0n) is 5.76. The highest BCUT2D eigenvalue weighted by Crippen LogP contribution is 2.23. The van der Waals surface area contributed by atoms with Crippen molar-refractivity contribution in [2.75, 3.05) is 19.6 Å². The number of nitrogens with one attached hydrogen (secondary N) is 1. The second kappa shape index (κ2) is 1.85. The molecule has 56 valence electrons. The lowest BCUT2D eigenvalue weighted by Crippen LogP contribution is -2.36. The van der Waals surface area contributed by atoms with Gasteiger partial charge in [0.1, 0.15) is 5.60 Å². The van der Waals surface area contributed by atoms with Gasteiger partial charge in [-0.2, -0.15) is 0 Å². The lowest BCUT2D eigenvalue weighted by Gasteiger charge is -2.19. The molecule has 0 saturated carbocycles. The van der Waals surface area contributed by atoms with Gasteiger partial charge in [-0.25, -0.2) is 4.99 Å². The topological polar surface area (TPSA) is 59.6 Å². The SMILES string of the molecule is NC1=NCC2(CCNC2)O1. The summed E-state index contributed by atoms with van der Waals surface area (Å²) in [5.74, 6) is 0. The molecule has 2 rings (SSSR count). The van der Waals surface area contributed by atoms with Gasteiger partial charge in [0.05, 0.1) is 6.54 Å². The van der Waals surface area contributed by atoms with Crippen LogP contribution < -0.4 is 11.1 Å².